The lowest BCUT2D eigenvalue weighted by Gasteiger charge is -2.26. The van der Waals surface area contributed by atoms with Crippen molar-refractivity contribution >= 4 is 11.6 Å². The zero-order valence-corrected chi connectivity index (χ0v) is 13.6. The van der Waals surface area contributed by atoms with E-state index in [2.05, 4.69) is 16.3 Å². The molecule has 0 saturated carbocycles. The SMILES string of the molecule is O=C(COc1ccccc1)Nc1cccc(CN2CCOCC2)c1. The van der Waals surface area contributed by atoms with Gasteiger partial charge in [0.05, 0.1) is 13.2 Å². The van der Waals surface area contributed by atoms with E-state index < -0.39 is 0 Å². The van der Waals surface area contributed by atoms with E-state index >= 15 is 0 Å². The Bertz CT molecular complexity index is 655. The number of para-hydroxylation sites is 1. The number of carbonyl (C=O) groups is 1. The Morgan fingerprint density at radius 2 is 1.88 bits per heavy atom. The summed E-state index contributed by atoms with van der Waals surface area (Å²) in [7, 11) is 0. The van der Waals surface area contributed by atoms with Crippen LogP contribution in [0.3, 0.4) is 0 Å². The predicted octanol–water partition coefficient (Wildman–Crippen LogP) is 2.54. The minimum atomic E-state index is -0.164. The predicted molar refractivity (Wildman–Crippen MR) is 93.1 cm³/mol. The van der Waals surface area contributed by atoms with Gasteiger partial charge in [0.2, 0.25) is 0 Å². The average Bonchev–Trinajstić information content (AvgIpc) is 2.62. The molecule has 126 valence electrons. The number of hydrogen-bond acceptors (Lipinski definition) is 4. The van der Waals surface area contributed by atoms with E-state index in [9.17, 15) is 4.79 Å². The first-order chi connectivity index (χ1) is 11.8. The van der Waals surface area contributed by atoms with Crippen molar-refractivity contribution in [1.29, 1.82) is 0 Å². The third-order valence-electron chi connectivity index (χ3n) is 3.83. The summed E-state index contributed by atoms with van der Waals surface area (Å²) in [6.45, 7) is 4.33. The first-order valence-electron chi connectivity index (χ1n) is 8.16. The monoisotopic (exact) mass is 326 g/mol. The van der Waals surface area contributed by atoms with E-state index in [0.29, 0.717) is 5.75 Å². The molecule has 24 heavy (non-hydrogen) atoms. The molecule has 0 unspecified atom stereocenters. The van der Waals surface area contributed by atoms with Crippen LogP contribution < -0.4 is 10.1 Å². The molecular weight excluding hydrogens is 304 g/mol. The maximum atomic E-state index is 12.0. The molecule has 0 spiro atoms. The van der Waals surface area contributed by atoms with Crippen LogP contribution in [0.5, 0.6) is 5.75 Å². The van der Waals surface area contributed by atoms with Crippen molar-refractivity contribution in [2.75, 3.05) is 38.2 Å². The highest BCUT2D eigenvalue weighted by molar-refractivity contribution is 5.91. The van der Waals surface area contributed by atoms with Gasteiger partial charge in [0.15, 0.2) is 6.61 Å². The number of benzene rings is 2. The smallest absolute Gasteiger partial charge is 0.262 e. The first kappa shape index (κ1) is 16.5. The maximum Gasteiger partial charge on any atom is 0.262 e. The Morgan fingerprint density at radius 1 is 1.08 bits per heavy atom. The van der Waals surface area contributed by atoms with Crippen LogP contribution in [-0.4, -0.2) is 43.7 Å². The highest BCUT2D eigenvalue weighted by atomic mass is 16.5. The van der Waals surface area contributed by atoms with Crippen LogP contribution in [0.1, 0.15) is 5.56 Å². The van der Waals surface area contributed by atoms with Gasteiger partial charge in [-0.1, -0.05) is 30.3 Å². The van der Waals surface area contributed by atoms with Crippen LogP contribution in [-0.2, 0) is 16.1 Å². The summed E-state index contributed by atoms with van der Waals surface area (Å²) in [4.78, 5) is 14.4. The number of morpholine rings is 1. The summed E-state index contributed by atoms with van der Waals surface area (Å²) >= 11 is 0. The number of nitrogens with one attached hydrogen (secondary N) is 1. The van der Waals surface area contributed by atoms with Crippen molar-refractivity contribution < 1.29 is 14.3 Å². The number of nitrogens with zero attached hydrogens (tertiary/aromatic N) is 1. The van der Waals surface area contributed by atoms with Crippen LogP contribution in [0.15, 0.2) is 54.6 Å². The fourth-order valence-corrected chi connectivity index (χ4v) is 2.63. The number of anilines is 1. The Morgan fingerprint density at radius 3 is 2.67 bits per heavy atom. The summed E-state index contributed by atoms with van der Waals surface area (Å²) < 4.78 is 10.8. The average molecular weight is 326 g/mol. The van der Waals surface area contributed by atoms with Crippen molar-refractivity contribution in [3.8, 4) is 5.75 Å². The van der Waals surface area contributed by atoms with Gasteiger partial charge in [-0.2, -0.15) is 0 Å². The summed E-state index contributed by atoms with van der Waals surface area (Å²) in [6.07, 6.45) is 0. The molecule has 1 aliphatic rings. The number of amides is 1. The molecule has 1 fully saturated rings. The molecular formula is C19H22N2O3. The van der Waals surface area contributed by atoms with Crippen LogP contribution in [0.2, 0.25) is 0 Å². The quantitative estimate of drug-likeness (QED) is 0.886. The van der Waals surface area contributed by atoms with Gasteiger partial charge >= 0.3 is 0 Å². The van der Waals surface area contributed by atoms with E-state index in [-0.39, 0.29) is 12.5 Å². The fraction of sp³-hybridized carbons (Fsp3) is 0.316. The number of carbonyl (C=O) groups excluding carboxylic acids is 1. The van der Waals surface area contributed by atoms with Gasteiger partial charge in [0, 0.05) is 25.3 Å². The molecule has 2 aromatic rings. The zero-order valence-electron chi connectivity index (χ0n) is 13.6. The van der Waals surface area contributed by atoms with E-state index in [1.54, 1.807) is 0 Å². The van der Waals surface area contributed by atoms with Crippen molar-refractivity contribution in [3.63, 3.8) is 0 Å². The molecule has 5 heteroatoms. The van der Waals surface area contributed by atoms with Crippen molar-refractivity contribution in [1.82, 2.24) is 4.90 Å². The molecule has 1 saturated heterocycles. The molecule has 2 aromatic carbocycles. The minimum absolute atomic E-state index is 0.00228. The molecule has 5 nitrogen and oxygen atoms in total. The molecule has 3 rings (SSSR count). The molecule has 0 aromatic heterocycles. The van der Waals surface area contributed by atoms with E-state index in [1.807, 2.05) is 48.5 Å². The Hall–Kier alpha value is -2.37. The van der Waals surface area contributed by atoms with Gasteiger partial charge in [-0.05, 0) is 29.8 Å². The van der Waals surface area contributed by atoms with Gasteiger partial charge < -0.3 is 14.8 Å². The molecule has 1 N–H and O–H groups in total. The third-order valence-corrected chi connectivity index (χ3v) is 3.83. The minimum Gasteiger partial charge on any atom is -0.484 e. The van der Waals surface area contributed by atoms with Gasteiger partial charge in [-0.25, -0.2) is 0 Å². The van der Waals surface area contributed by atoms with Crippen LogP contribution >= 0.6 is 0 Å². The molecule has 0 radical (unpaired) electrons. The second-order valence-electron chi connectivity index (χ2n) is 5.74. The largest absolute Gasteiger partial charge is 0.484 e. The van der Waals surface area contributed by atoms with Gasteiger partial charge in [-0.3, -0.25) is 9.69 Å². The molecule has 1 aliphatic heterocycles. The van der Waals surface area contributed by atoms with Gasteiger partial charge in [0.1, 0.15) is 5.75 Å². The van der Waals surface area contributed by atoms with Crippen molar-refractivity contribution in [2.24, 2.45) is 0 Å². The third kappa shape index (κ3) is 5.08. The molecule has 0 aliphatic carbocycles. The highest BCUT2D eigenvalue weighted by Crippen LogP contribution is 2.14. The summed E-state index contributed by atoms with van der Waals surface area (Å²) in [5.41, 5.74) is 1.97. The lowest BCUT2D eigenvalue weighted by molar-refractivity contribution is -0.118. The van der Waals surface area contributed by atoms with Gasteiger partial charge in [0.25, 0.3) is 5.91 Å². The van der Waals surface area contributed by atoms with Crippen molar-refractivity contribution in [2.45, 2.75) is 6.54 Å². The van der Waals surface area contributed by atoms with Crippen molar-refractivity contribution in [3.05, 3.63) is 60.2 Å². The van der Waals surface area contributed by atoms with E-state index in [1.165, 1.54) is 5.56 Å². The standard InChI is InChI=1S/C19H22N2O3/c22-19(15-24-18-7-2-1-3-8-18)20-17-6-4-5-16(13-17)14-21-9-11-23-12-10-21/h1-8,13H,9-12,14-15H2,(H,20,22). The van der Waals surface area contributed by atoms with Crippen LogP contribution in [0.4, 0.5) is 5.69 Å². The highest BCUT2D eigenvalue weighted by Gasteiger charge is 2.11. The second-order valence-corrected chi connectivity index (χ2v) is 5.74. The normalized spacial score (nSPS) is 15.0. The zero-order chi connectivity index (χ0) is 16.6. The Kier molecular flexibility index (Phi) is 5.82. The Labute approximate surface area is 142 Å². The second kappa shape index (κ2) is 8.47. The lowest BCUT2D eigenvalue weighted by Crippen LogP contribution is -2.35. The van der Waals surface area contributed by atoms with Crippen LogP contribution in [0.25, 0.3) is 0 Å². The first-order valence-corrected chi connectivity index (χ1v) is 8.16. The molecule has 1 amide bonds. The molecule has 1 heterocycles. The summed E-state index contributed by atoms with van der Waals surface area (Å²) in [6, 6.07) is 17.3. The van der Waals surface area contributed by atoms with E-state index in [4.69, 9.17) is 9.47 Å². The lowest BCUT2D eigenvalue weighted by atomic mass is 10.2. The molecule has 0 atom stereocenters. The Balaban J connectivity index is 1.51. The summed E-state index contributed by atoms with van der Waals surface area (Å²) in [5.74, 6) is 0.524. The fourth-order valence-electron chi connectivity index (χ4n) is 2.63. The number of rotatable bonds is 6. The van der Waals surface area contributed by atoms with Gasteiger partial charge in [-0.15, -0.1) is 0 Å². The number of ether oxygens (including phenoxy) is 2. The molecule has 0 bridgehead atoms. The van der Waals surface area contributed by atoms with Crippen LogP contribution in [0, 0.1) is 0 Å². The topological polar surface area (TPSA) is 50.8 Å². The summed E-state index contributed by atoms with van der Waals surface area (Å²) in [5, 5.41) is 2.88. The van der Waals surface area contributed by atoms with E-state index in [0.717, 1.165) is 38.5 Å². The number of hydrogen-bond donors (Lipinski definition) is 1. The maximum absolute atomic E-state index is 12.0.